The second-order valence-corrected chi connectivity index (χ2v) is 27.4. The van der Waals surface area contributed by atoms with E-state index < -0.39 is 0 Å². The molecule has 1 aliphatic rings. The summed E-state index contributed by atoms with van der Waals surface area (Å²) in [5.74, 6) is 5.58. The van der Waals surface area contributed by atoms with Crippen LogP contribution in [0.2, 0.25) is 11.5 Å². The van der Waals surface area contributed by atoms with Gasteiger partial charge >= 0.3 is 43.1 Å². The summed E-state index contributed by atoms with van der Waals surface area (Å²) in [7, 11) is -0.243. The molecular formula is C36H34Cl2GeZr-2. The zero-order valence-electron chi connectivity index (χ0n) is 23.3. The fraction of sp³-hybridized carbons (Fsp3) is 0.167. The van der Waals surface area contributed by atoms with Gasteiger partial charge in [-0.05, 0) is 31.2 Å². The maximum absolute atomic E-state index is 2.40. The first kappa shape index (κ1) is 32.6. The van der Waals surface area contributed by atoms with Gasteiger partial charge in [0.1, 0.15) is 0 Å². The maximum atomic E-state index is 2.40. The predicted octanol–water partition coefficient (Wildman–Crippen LogP) is 4.43. The molecule has 7 rings (SSSR count). The summed E-state index contributed by atoms with van der Waals surface area (Å²) in [6.07, 6.45) is 2.74. The first-order valence-electron chi connectivity index (χ1n) is 13.5. The fourth-order valence-electron chi connectivity index (χ4n) is 4.98. The van der Waals surface area contributed by atoms with E-state index in [2.05, 4.69) is 140 Å². The molecule has 1 fully saturated rings. The molecule has 1 saturated carbocycles. The third-order valence-electron chi connectivity index (χ3n) is 6.98. The molecule has 6 aromatic rings. The predicted molar refractivity (Wildman–Crippen MR) is 164 cm³/mol. The number of halogens is 2. The van der Waals surface area contributed by atoms with Crippen LogP contribution in [0.1, 0.15) is 29.9 Å². The van der Waals surface area contributed by atoms with E-state index in [1.807, 2.05) is 0 Å². The number of hydrogen-bond donors (Lipinski definition) is 0. The molecule has 1 aliphatic carbocycles. The van der Waals surface area contributed by atoms with Crippen LogP contribution in [0.25, 0.3) is 43.8 Å². The Bertz CT molecular complexity index is 1640. The summed E-state index contributed by atoms with van der Waals surface area (Å²) in [4.78, 5) is 0. The summed E-state index contributed by atoms with van der Waals surface area (Å²) in [6.45, 7) is 2.16. The molecule has 0 aliphatic heterocycles. The van der Waals surface area contributed by atoms with Gasteiger partial charge in [0.25, 0.3) is 0 Å². The smallest absolute Gasteiger partial charge is 0.0279 e. The first-order valence-corrected chi connectivity index (χ1v) is 25.1. The Morgan fingerprint density at radius 1 is 0.675 bits per heavy atom. The standard InChI is InChI=1S/C18H15.C16H13.C2H6Ge.2ClH.Zr/c1-2-5-14(6-3-1)17-8-4-7-15-11-16(12-18(15)17)13-9-10-13;1-12-6-2-5-9-16(12)15-10-13-7-3-4-8-14(13)11-15;1-3-2;;;/h1-8,11-13H,9-10H2;2-11H,1H3;1-2H3;2*1H;/q2*-1;;;;+2/p-2. The SMILES string of the molecule is Cc1ccccc1-c1cc2ccccc2[cH-]1.[CH3][Ge]([CH3])=[Zr+2].[Cl-].[Cl-].c1ccc(-c2cccc3[cH-]c(C4CC4)cc23)cc1. The van der Waals surface area contributed by atoms with Crippen LogP contribution >= 0.6 is 0 Å². The molecule has 0 nitrogen and oxygen atoms in total. The van der Waals surface area contributed by atoms with Crippen molar-refractivity contribution in [3.63, 3.8) is 0 Å². The molecule has 0 unspecified atom stereocenters. The van der Waals surface area contributed by atoms with Crippen LogP contribution in [-0.4, -0.2) is 9.98 Å². The van der Waals surface area contributed by atoms with Crippen molar-refractivity contribution in [2.45, 2.75) is 37.2 Å². The molecule has 4 heteroatoms. The van der Waals surface area contributed by atoms with E-state index in [1.165, 1.54) is 67.8 Å². The van der Waals surface area contributed by atoms with Crippen LogP contribution in [0.4, 0.5) is 0 Å². The summed E-state index contributed by atoms with van der Waals surface area (Å²) in [5, 5.41) is 5.44. The van der Waals surface area contributed by atoms with E-state index in [0.717, 1.165) is 5.92 Å². The van der Waals surface area contributed by atoms with Crippen LogP contribution in [0.5, 0.6) is 0 Å². The Hall–Kier alpha value is -1.89. The molecule has 0 atom stereocenters. The van der Waals surface area contributed by atoms with Gasteiger partial charge in [0.15, 0.2) is 0 Å². The number of rotatable bonds is 3. The Labute approximate surface area is 267 Å². The second kappa shape index (κ2) is 15.4. The van der Waals surface area contributed by atoms with E-state index in [0.29, 0.717) is 0 Å². The molecule has 0 N–H and O–H groups in total. The van der Waals surface area contributed by atoms with Gasteiger partial charge < -0.3 is 24.8 Å². The molecule has 0 aromatic heterocycles. The van der Waals surface area contributed by atoms with Gasteiger partial charge in [-0.25, -0.2) is 0 Å². The summed E-state index contributed by atoms with van der Waals surface area (Å²) >= 11 is 1.80. The zero-order valence-corrected chi connectivity index (χ0v) is 29.4. The van der Waals surface area contributed by atoms with Gasteiger partial charge in [0.2, 0.25) is 0 Å². The summed E-state index contributed by atoms with van der Waals surface area (Å²) in [6, 6.07) is 43.6. The average Bonchev–Trinajstić information content (AvgIpc) is 3.53. The van der Waals surface area contributed by atoms with Crippen LogP contribution in [-0.2, 0) is 21.6 Å². The van der Waals surface area contributed by atoms with Crippen LogP contribution in [0.15, 0.2) is 121 Å². The van der Waals surface area contributed by atoms with Crippen LogP contribution in [0, 0.1) is 6.92 Å². The Morgan fingerprint density at radius 2 is 1.27 bits per heavy atom. The summed E-state index contributed by atoms with van der Waals surface area (Å²) in [5.41, 5.74) is 8.19. The van der Waals surface area contributed by atoms with Gasteiger partial charge in [-0.1, -0.05) is 95.6 Å². The molecule has 6 aromatic carbocycles. The van der Waals surface area contributed by atoms with Gasteiger partial charge in [-0.15, -0.1) is 69.1 Å². The topological polar surface area (TPSA) is 0 Å². The van der Waals surface area contributed by atoms with Crippen molar-refractivity contribution in [1.29, 1.82) is 0 Å². The van der Waals surface area contributed by atoms with Crippen molar-refractivity contribution in [1.82, 2.24) is 0 Å². The molecule has 0 heterocycles. The van der Waals surface area contributed by atoms with Gasteiger partial charge in [0, 0.05) is 0 Å². The number of benzene rings is 4. The van der Waals surface area contributed by atoms with Crippen LogP contribution < -0.4 is 24.8 Å². The minimum Gasteiger partial charge on any atom is -1.00 e. The van der Waals surface area contributed by atoms with E-state index in [9.17, 15) is 0 Å². The van der Waals surface area contributed by atoms with Gasteiger partial charge in [-0.3, -0.25) is 0 Å². The van der Waals surface area contributed by atoms with Crippen molar-refractivity contribution < 1.29 is 46.4 Å². The first-order chi connectivity index (χ1) is 18.5. The monoisotopic (exact) mass is 700 g/mol. The third-order valence-corrected chi connectivity index (χ3v) is 6.98. The number of fused-ring (bicyclic) bond motifs is 2. The Kier molecular flexibility index (Phi) is 12.5. The fourth-order valence-corrected chi connectivity index (χ4v) is 4.98. The molecule has 0 bridgehead atoms. The molecule has 202 valence electrons. The van der Waals surface area contributed by atoms with Gasteiger partial charge in [-0.2, -0.15) is 6.07 Å². The van der Waals surface area contributed by atoms with Crippen LogP contribution in [0.3, 0.4) is 0 Å². The van der Waals surface area contributed by atoms with Gasteiger partial charge in [0.05, 0.1) is 0 Å². The number of aryl methyl sites for hydroxylation is 1. The minimum atomic E-state index is -0.243. The normalized spacial score (nSPS) is 11.8. The quantitative estimate of drug-likeness (QED) is 0.190. The molecule has 0 amide bonds. The minimum absolute atomic E-state index is 0. The Balaban J connectivity index is 0.000000188. The molecule has 0 saturated heterocycles. The second-order valence-electron chi connectivity index (χ2n) is 10.4. The van der Waals surface area contributed by atoms with Crippen molar-refractivity contribution in [3.8, 4) is 22.3 Å². The average molecular weight is 701 g/mol. The molecular weight excluding hydrogens is 667 g/mol. The molecule has 0 radical (unpaired) electrons. The van der Waals surface area contributed by atoms with E-state index in [1.54, 1.807) is 21.6 Å². The largest absolute Gasteiger partial charge is 1.00 e. The number of hydrogen-bond acceptors (Lipinski definition) is 0. The van der Waals surface area contributed by atoms with E-state index in [4.69, 9.17) is 0 Å². The Morgan fingerprint density at radius 3 is 1.95 bits per heavy atom. The maximum Gasteiger partial charge on any atom is -0.0279 e. The van der Waals surface area contributed by atoms with Crippen molar-refractivity contribution in [2.24, 2.45) is 0 Å². The molecule has 0 spiro atoms. The molecule has 40 heavy (non-hydrogen) atoms. The van der Waals surface area contributed by atoms with E-state index in [-0.39, 0.29) is 34.8 Å². The summed E-state index contributed by atoms with van der Waals surface area (Å²) < 4.78 is 0. The van der Waals surface area contributed by atoms with Crippen molar-refractivity contribution >= 4 is 31.5 Å². The zero-order chi connectivity index (χ0) is 26.5. The van der Waals surface area contributed by atoms with Crippen molar-refractivity contribution in [2.75, 3.05) is 0 Å². The third kappa shape index (κ3) is 8.33. The van der Waals surface area contributed by atoms with Crippen molar-refractivity contribution in [3.05, 3.63) is 132 Å². The van der Waals surface area contributed by atoms with E-state index >= 15 is 0 Å².